The standard InChI is InChI=1S/C27H29ClN2O6/c1-2-33-12-5-11-29(27(32)21-6-3-7-22(28)15-21)18-26(31)30(17-23-8-4-13-34-23)16-20-9-10-24-25(14-20)36-19-35-24/h3-4,6-10,13-15H,2,5,11-12,16-19H2,1H3. The van der Waals surface area contributed by atoms with E-state index in [2.05, 4.69) is 0 Å². The van der Waals surface area contributed by atoms with Gasteiger partial charge < -0.3 is 28.4 Å². The summed E-state index contributed by atoms with van der Waals surface area (Å²) in [5, 5.41) is 0.462. The van der Waals surface area contributed by atoms with Crippen LogP contribution >= 0.6 is 11.6 Å². The summed E-state index contributed by atoms with van der Waals surface area (Å²) in [6.07, 6.45) is 2.18. The maximum absolute atomic E-state index is 13.6. The number of rotatable bonds is 12. The van der Waals surface area contributed by atoms with Crippen molar-refractivity contribution in [3.8, 4) is 11.5 Å². The fraction of sp³-hybridized carbons (Fsp3) is 0.333. The molecular weight excluding hydrogens is 484 g/mol. The average molecular weight is 513 g/mol. The quantitative estimate of drug-likeness (QED) is 0.325. The van der Waals surface area contributed by atoms with Gasteiger partial charge in [0.1, 0.15) is 12.3 Å². The van der Waals surface area contributed by atoms with Gasteiger partial charge in [0, 0.05) is 36.9 Å². The molecule has 3 aromatic rings. The number of amides is 2. The lowest BCUT2D eigenvalue weighted by atomic mass is 10.1. The van der Waals surface area contributed by atoms with Crippen LogP contribution < -0.4 is 9.47 Å². The minimum Gasteiger partial charge on any atom is -0.467 e. The zero-order chi connectivity index (χ0) is 25.3. The molecule has 0 spiro atoms. The van der Waals surface area contributed by atoms with E-state index in [1.807, 2.05) is 31.2 Å². The van der Waals surface area contributed by atoms with Crippen molar-refractivity contribution in [2.45, 2.75) is 26.4 Å². The summed E-state index contributed by atoms with van der Waals surface area (Å²) in [4.78, 5) is 30.1. The van der Waals surface area contributed by atoms with E-state index < -0.39 is 0 Å². The van der Waals surface area contributed by atoms with Crippen molar-refractivity contribution in [2.24, 2.45) is 0 Å². The minimum absolute atomic E-state index is 0.0945. The van der Waals surface area contributed by atoms with Gasteiger partial charge in [-0.05, 0) is 61.4 Å². The third-order valence-electron chi connectivity index (χ3n) is 5.70. The minimum atomic E-state index is -0.261. The second-order valence-corrected chi connectivity index (χ2v) is 8.74. The Balaban J connectivity index is 1.52. The molecule has 0 saturated carbocycles. The Morgan fingerprint density at radius 1 is 1.00 bits per heavy atom. The average Bonchev–Trinajstić information content (AvgIpc) is 3.57. The molecule has 0 saturated heterocycles. The number of halogens is 1. The van der Waals surface area contributed by atoms with Crippen molar-refractivity contribution in [1.29, 1.82) is 0 Å². The zero-order valence-electron chi connectivity index (χ0n) is 20.2. The Morgan fingerprint density at radius 2 is 1.86 bits per heavy atom. The zero-order valence-corrected chi connectivity index (χ0v) is 20.9. The first-order chi connectivity index (χ1) is 17.5. The molecule has 8 nitrogen and oxygen atoms in total. The SMILES string of the molecule is CCOCCCN(CC(=O)N(Cc1ccc2c(c1)OCO2)Cc1ccco1)C(=O)c1cccc(Cl)c1. The van der Waals surface area contributed by atoms with E-state index >= 15 is 0 Å². The van der Waals surface area contributed by atoms with E-state index in [9.17, 15) is 9.59 Å². The molecule has 1 aromatic heterocycles. The van der Waals surface area contributed by atoms with Crippen LogP contribution in [-0.4, -0.2) is 54.7 Å². The second kappa shape index (κ2) is 12.5. The highest BCUT2D eigenvalue weighted by molar-refractivity contribution is 6.31. The second-order valence-electron chi connectivity index (χ2n) is 8.30. The highest BCUT2D eigenvalue weighted by Gasteiger charge is 2.24. The fourth-order valence-electron chi connectivity index (χ4n) is 3.90. The smallest absolute Gasteiger partial charge is 0.254 e. The summed E-state index contributed by atoms with van der Waals surface area (Å²) in [5.41, 5.74) is 1.31. The van der Waals surface area contributed by atoms with Gasteiger partial charge in [0.15, 0.2) is 11.5 Å². The third-order valence-corrected chi connectivity index (χ3v) is 5.93. The predicted molar refractivity (Wildman–Crippen MR) is 134 cm³/mol. The highest BCUT2D eigenvalue weighted by Crippen LogP contribution is 2.33. The van der Waals surface area contributed by atoms with Crippen LogP contribution in [0.5, 0.6) is 11.5 Å². The van der Waals surface area contributed by atoms with E-state index in [4.69, 9.17) is 30.2 Å². The Bertz CT molecular complexity index is 1170. The lowest BCUT2D eigenvalue weighted by molar-refractivity contribution is -0.133. The molecule has 0 bridgehead atoms. The van der Waals surface area contributed by atoms with Crippen molar-refractivity contribution < 1.29 is 28.2 Å². The van der Waals surface area contributed by atoms with Crippen LogP contribution in [0, 0.1) is 0 Å². The maximum Gasteiger partial charge on any atom is 0.254 e. The molecule has 2 heterocycles. The Morgan fingerprint density at radius 3 is 2.64 bits per heavy atom. The van der Waals surface area contributed by atoms with Gasteiger partial charge in [-0.3, -0.25) is 9.59 Å². The molecule has 190 valence electrons. The number of fused-ring (bicyclic) bond motifs is 1. The molecule has 36 heavy (non-hydrogen) atoms. The molecule has 2 amide bonds. The van der Waals surface area contributed by atoms with Crippen LogP contribution in [0.25, 0.3) is 0 Å². The van der Waals surface area contributed by atoms with Gasteiger partial charge in [-0.15, -0.1) is 0 Å². The van der Waals surface area contributed by atoms with Gasteiger partial charge in [0.25, 0.3) is 5.91 Å². The molecule has 0 unspecified atom stereocenters. The number of ether oxygens (including phenoxy) is 3. The molecule has 1 aliphatic rings. The lowest BCUT2D eigenvalue weighted by Crippen LogP contribution is -2.43. The van der Waals surface area contributed by atoms with Gasteiger partial charge in [-0.1, -0.05) is 23.7 Å². The van der Waals surface area contributed by atoms with Gasteiger partial charge in [0.05, 0.1) is 12.8 Å². The molecule has 1 aliphatic heterocycles. The summed E-state index contributed by atoms with van der Waals surface area (Å²) in [7, 11) is 0. The van der Waals surface area contributed by atoms with Crippen LogP contribution in [0.15, 0.2) is 65.3 Å². The van der Waals surface area contributed by atoms with Crippen molar-refractivity contribution >= 4 is 23.4 Å². The number of carbonyl (C=O) groups excluding carboxylic acids is 2. The Hall–Kier alpha value is -3.49. The number of hydrogen-bond donors (Lipinski definition) is 0. The number of benzene rings is 2. The molecule has 4 rings (SSSR count). The summed E-state index contributed by atoms with van der Waals surface area (Å²) in [5.74, 6) is 1.49. The van der Waals surface area contributed by atoms with Gasteiger partial charge >= 0.3 is 0 Å². The number of carbonyl (C=O) groups is 2. The number of furan rings is 1. The first kappa shape index (κ1) is 25.6. The van der Waals surface area contributed by atoms with Crippen LogP contribution in [0.4, 0.5) is 0 Å². The van der Waals surface area contributed by atoms with Crippen LogP contribution in [0.3, 0.4) is 0 Å². The Kier molecular flexibility index (Phi) is 8.86. The van der Waals surface area contributed by atoms with Crippen LogP contribution in [0.1, 0.15) is 35.0 Å². The summed E-state index contributed by atoms with van der Waals surface area (Å²) in [6, 6.07) is 15.9. The molecule has 2 aromatic carbocycles. The van der Waals surface area contributed by atoms with Crippen LogP contribution in [0.2, 0.25) is 5.02 Å². The van der Waals surface area contributed by atoms with E-state index in [1.165, 1.54) is 0 Å². The van der Waals surface area contributed by atoms with Gasteiger partial charge in [-0.25, -0.2) is 0 Å². The number of hydrogen-bond acceptors (Lipinski definition) is 6. The monoisotopic (exact) mass is 512 g/mol. The van der Waals surface area contributed by atoms with Gasteiger partial charge in [-0.2, -0.15) is 0 Å². The molecular formula is C27H29ClN2O6. The van der Waals surface area contributed by atoms with E-state index in [0.717, 1.165) is 5.56 Å². The largest absolute Gasteiger partial charge is 0.467 e. The van der Waals surface area contributed by atoms with Crippen molar-refractivity contribution in [1.82, 2.24) is 9.80 Å². The summed E-state index contributed by atoms with van der Waals surface area (Å²) in [6.45, 7) is 4.04. The lowest BCUT2D eigenvalue weighted by Gasteiger charge is -2.27. The van der Waals surface area contributed by atoms with Crippen molar-refractivity contribution in [3.05, 3.63) is 82.8 Å². The molecule has 0 N–H and O–H groups in total. The summed E-state index contributed by atoms with van der Waals surface area (Å²) >= 11 is 6.11. The predicted octanol–water partition coefficient (Wildman–Crippen LogP) is 4.76. The Labute approximate surface area is 215 Å². The molecule has 0 atom stereocenters. The molecule has 9 heteroatoms. The van der Waals surface area contributed by atoms with Crippen molar-refractivity contribution in [3.63, 3.8) is 0 Å². The van der Waals surface area contributed by atoms with E-state index in [0.29, 0.717) is 60.6 Å². The first-order valence-corrected chi connectivity index (χ1v) is 12.2. The third kappa shape index (κ3) is 6.80. The van der Waals surface area contributed by atoms with E-state index in [-0.39, 0.29) is 31.7 Å². The normalized spacial score (nSPS) is 11.9. The van der Waals surface area contributed by atoms with Crippen LogP contribution in [-0.2, 0) is 22.6 Å². The highest BCUT2D eigenvalue weighted by atomic mass is 35.5. The molecule has 0 aliphatic carbocycles. The maximum atomic E-state index is 13.6. The molecule has 0 radical (unpaired) electrons. The fourth-order valence-corrected chi connectivity index (χ4v) is 4.09. The van der Waals surface area contributed by atoms with E-state index in [1.54, 1.807) is 46.4 Å². The molecule has 0 fully saturated rings. The summed E-state index contributed by atoms with van der Waals surface area (Å²) < 4.78 is 21.8. The topological polar surface area (TPSA) is 81.5 Å². The first-order valence-electron chi connectivity index (χ1n) is 11.8. The van der Waals surface area contributed by atoms with Crippen molar-refractivity contribution in [2.75, 3.05) is 33.1 Å². The number of nitrogens with zero attached hydrogens (tertiary/aromatic N) is 2. The van der Waals surface area contributed by atoms with Gasteiger partial charge in [0.2, 0.25) is 12.7 Å².